The highest BCUT2D eigenvalue weighted by atomic mass is 16.6. The standard InChI is InChI=1S/C17H20N2O4/c20-12-13-4-3-9-18(10-13)11-14-7-8-17(23-14)15-5-1-2-6-16(15)19(21)22/h1-2,5-8,13,20H,3-4,9-12H2/p+1/t13-/m1/s1. The molecule has 1 saturated heterocycles. The van der Waals surface area contributed by atoms with E-state index in [4.69, 9.17) is 4.42 Å². The van der Waals surface area contributed by atoms with Gasteiger partial charge in [-0.25, -0.2) is 0 Å². The van der Waals surface area contributed by atoms with E-state index in [1.54, 1.807) is 24.3 Å². The largest absolute Gasteiger partial charge is 0.455 e. The first-order chi connectivity index (χ1) is 11.2. The highest BCUT2D eigenvalue weighted by Gasteiger charge is 2.24. The van der Waals surface area contributed by atoms with Crippen LogP contribution in [-0.2, 0) is 6.54 Å². The van der Waals surface area contributed by atoms with E-state index < -0.39 is 0 Å². The summed E-state index contributed by atoms with van der Waals surface area (Å²) < 4.78 is 5.84. The highest BCUT2D eigenvalue weighted by molar-refractivity contribution is 5.69. The number of nitrogens with zero attached hydrogens (tertiary/aromatic N) is 1. The zero-order valence-electron chi connectivity index (χ0n) is 12.9. The summed E-state index contributed by atoms with van der Waals surface area (Å²) in [5.74, 6) is 1.72. The van der Waals surface area contributed by atoms with E-state index in [9.17, 15) is 15.2 Å². The second-order valence-corrected chi connectivity index (χ2v) is 6.11. The SMILES string of the molecule is O=[N+]([O-])c1ccccc1-c1ccc(C[NH+]2CCC[C@@H](CO)C2)o1. The van der Waals surface area contributed by atoms with Gasteiger partial charge in [-0.1, -0.05) is 12.1 Å². The van der Waals surface area contributed by atoms with Gasteiger partial charge in [-0.15, -0.1) is 0 Å². The lowest BCUT2D eigenvalue weighted by atomic mass is 9.99. The molecule has 1 aliphatic rings. The average Bonchev–Trinajstić information content (AvgIpc) is 3.03. The van der Waals surface area contributed by atoms with Crippen LogP contribution < -0.4 is 4.90 Å². The Hall–Kier alpha value is -2.18. The molecule has 2 N–H and O–H groups in total. The third kappa shape index (κ3) is 3.60. The van der Waals surface area contributed by atoms with Gasteiger partial charge in [0, 0.05) is 12.0 Å². The fourth-order valence-corrected chi connectivity index (χ4v) is 3.27. The first-order valence-corrected chi connectivity index (χ1v) is 7.94. The highest BCUT2D eigenvalue weighted by Crippen LogP contribution is 2.30. The van der Waals surface area contributed by atoms with E-state index in [-0.39, 0.29) is 17.2 Å². The van der Waals surface area contributed by atoms with E-state index in [0.29, 0.717) is 17.2 Å². The smallest absolute Gasteiger partial charge is 0.280 e. The summed E-state index contributed by atoms with van der Waals surface area (Å²) in [6.45, 7) is 3.00. The Morgan fingerprint density at radius 3 is 2.91 bits per heavy atom. The molecule has 23 heavy (non-hydrogen) atoms. The van der Waals surface area contributed by atoms with Gasteiger partial charge < -0.3 is 14.4 Å². The summed E-state index contributed by atoms with van der Waals surface area (Å²) in [6.07, 6.45) is 2.19. The van der Waals surface area contributed by atoms with Crippen molar-refractivity contribution < 1.29 is 19.3 Å². The number of aliphatic hydroxyl groups is 1. The van der Waals surface area contributed by atoms with Crippen LogP contribution in [0.15, 0.2) is 40.8 Å². The molecule has 0 saturated carbocycles. The summed E-state index contributed by atoms with van der Waals surface area (Å²) in [5.41, 5.74) is 0.560. The molecule has 1 aromatic heterocycles. The van der Waals surface area contributed by atoms with E-state index in [1.807, 2.05) is 6.07 Å². The van der Waals surface area contributed by atoms with Gasteiger partial charge in [0.15, 0.2) is 5.76 Å². The van der Waals surface area contributed by atoms with Crippen molar-refractivity contribution in [1.82, 2.24) is 0 Å². The molecule has 1 aromatic carbocycles. The van der Waals surface area contributed by atoms with Gasteiger partial charge in [0.05, 0.1) is 30.2 Å². The summed E-state index contributed by atoms with van der Waals surface area (Å²) in [6, 6.07) is 10.3. The van der Waals surface area contributed by atoms with E-state index in [1.165, 1.54) is 11.0 Å². The van der Waals surface area contributed by atoms with Gasteiger partial charge in [-0.2, -0.15) is 0 Å². The minimum atomic E-state index is -0.390. The number of nitro groups is 1. The van der Waals surface area contributed by atoms with Crippen LogP contribution in [0.5, 0.6) is 0 Å². The Morgan fingerprint density at radius 2 is 2.13 bits per heavy atom. The number of quaternary nitrogens is 1. The number of rotatable bonds is 5. The maximum absolute atomic E-state index is 11.1. The molecule has 0 bridgehead atoms. The first-order valence-electron chi connectivity index (χ1n) is 7.94. The number of likely N-dealkylation sites (tertiary alicyclic amines) is 1. The topological polar surface area (TPSA) is 81.0 Å². The van der Waals surface area contributed by atoms with E-state index in [0.717, 1.165) is 38.2 Å². The van der Waals surface area contributed by atoms with Gasteiger partial charge in [0.1, 0.15) is 12.3 Å². The minimum absolute atomic E-state index is 0.0547. The number of nitrogens with one attached hydrogen (secondary N) is 1. The van der Waals surface area contributed by atoms with Crippen LogP contribution in [-0.4, -0.2) is 29.7 Å². The monoisotopic (exact) mass is 317 g/mol. The third-order valence-corrected chi connectivity index (χ3v) is 4.43. The van der Waals surface area contributed by atoms with Gasteiger partial charge in [0.2, 0.25) is 0 Å². The summed E-state index contributed by atoms with van der Waals surface area (Å²) >= 11 is 0. The quantitative estimate of drug-likeness (QED) is 0.649. The minimum Gasteiger partial charge on any atom is -0.455 e. The van der Waals surface area contributed by atoms with Gasteiger partial charge >= 0.3 is 0 Å². The Balaban J connectivity index is 1.75. The lowest BCUT2D eigenvalue weighted by molar-refractivity contribution is -0.923. The van der Waals surface area contributed by atoms with Crippen LogP contribution in [0.3, 0.4) is 0 Å². The zero-order chi connectivity index (χ0) is 16.2. The van der Waals surface area contributed by atoms with Crippen LogP contribution in [0.4, 0.5) is 5.69 Å². The number of furan rings is 1. The van der Waals surface area contributed by atoms with Crippen molar-refractivity contribution in [2.45, 2.75) is 19.4 Å². The van der Waals surface area contributed by atoms with E-state index >= 15 is 0 Å². The molecule has 2 heterocycles. The molecule has 0 radical (unpaired) electrons. The predicted molar refractivity (Wildman–Crippen MR) is 85.0 cm³/mol. The molecule has 6 nitrogen and oxygen atoms in total. The molecule has 0 spiro atoms. The molecule has 0 aliphatic carbocycles. The Kier molecular flexibility index (Phi) is 4.73. The van der Waals surface area contributed by atoms with Crippen LogP contribution >= 0.6 is 0 Å². The first kappa shape index (κ1) is 15.7. The third-order valence-electron chi connectivity index (χ3n) is 4.43. The van der Waals surface area contributed by atoms with Gasteiger partial charge in [-0.05, 0) is 31.0 Å². The number of benzene rings is 1. The fraction of sp³-hybridized carbons (Fsp3) is 0.412. The van der Waals surface area contributed by atoms with E-state index in [2.05, 4.69) is 0 Å². The Bertz CT molecular complexity index is 683. The van der Waals surface area contributed by atoms with Crippen molar-refractivity contribution in [3.8, 4) is 11.3 Å². The van der Waals surface area contributed by atoms with Crippen LogP contribution in [0.1, 0.15) is 18.6 Å². The molecule has 1 fully saturated rings. The van der Waals surface area contributed by atoms with Crippen molar-refractivity contribution in [2.75, 3.05) is 19.7 Å². The van der Waals surface area contributed by atoms with Crippen LogP contribution in [0.25, 0.3) is 11.3 Å². The fourth-order valence-electron chi connectivity index (χ4n) is 3.27. The van der Waals surface area contributed by atoms with Crippen LogP contribution in [0, 0.1) is 16.0 Å². The molecular formula is C17H21N2O4+. The predicted octanol–water partition coefficient (Wildman–Crippen LogP) is 1.64. The Labute approximate surface area is 134 Å². The average molecular weight is 317 g/mol. The van der Waals surface area contributed by atoms with Crippen molar-refractivity contribution >= 4 is 5.69 Å². The summed E-state index contributed by atoms with van der Waals surface area (Å²) in [4.78, 5) is 12.1. The second-order valence-electron chi connectivity index (χ2n) is 6.11. The Morgan fingerprint density at radius 1 is 1.30 bits per heavy atom. The zero-order valence-corrected chi connectivity index (χ0v) is 12.9. The van der Waals surface area contributed by atoms with Gasteiger partial charge in [0.25, 0.3) is 5.69 Å². The number of nitro benzene ring substituents is 1. The van der Waals surface area contributed by atoms with Crippen molar-refractivity contribution in [1.29, 1.82) is 0 Å². The number of hydrogen-bond donors (Lipinski definition) is 2. The molecule has 3 rings (SSSR count). The number of para-hydroxylation sites is 1. The maximum atomic E-state index is 11.1. The summed E-state index contributed by atoms with van der Waals surface area (Å²) in [5, 5.41) is 20.4. The molecule has 2 aromatic rings. The van der Waals surface area contributed by atoms with Crippen molar-refractivity contribution in [3.63, 3.8) is 0 Å². The van der Waals surface area contributed by atoms with Crippen molar-refractivity contribution in [3.05, 3.63) is 52.3 Å². The molecular weight excluding hydrogens is 296 g/mol. The number of piperidine rings is 1. The van der Waals surface area contributed by atoms with Crippen molar-refractivity contribution in [2.24, 2.45) is 5.92 Å². The lowest BCUT2D eigenvalue weighted by Crippen LogP contribution is -3.12. The summed E-state index contributed by atoms with van der Waals surface area (Å²) in [7, 11) is 0. The van der Waals surface area contributed by atoms with Gasteiger partial charge in [-0.3, -0.25) is 10.1 Å². The molecule has 1 aliphatic heterocycles. The number of hydrogen-bond acceptors (Lipinski definition) is 4. The lowest BCUT2D eigenvalue weighted by Gasteiger charge is -2.28. The molecule has 122 valence electrons. The molecule has 1 unspecified atom stereocenters. The molecule has 2 atom stereocenters. The normalized spacial score (nSPS) is 21.3. The molecule has 6 heteroatoms. The van der Waals surface area contributed by atoms with Crippen LogP contribution in [0.2, 0.25) is 0 Å². The second kappa shape index (κ2) is 6.93. The number of aliphatic hydroxyl groups excluding tert-OH is 1. The molecule has 0 amide bonds. The maximum Gasteiger partial charge on any atom is 0.280 e.